The van der Waals surface area contributed by atoms with Crippen LogP contribution < -0.4 is 4.74 Å². The highest BCUT2D eigenvalue weighted by Crippen LogP contribution is 2.23. The Labute approximate surface area is 123 Å². The maximum atomic E-state index is 5.85. The summed E-state index contributed by atoms with van der Waals surface area (Å²) < 4.78 is 17.9. The van der Waals surface area contributed by atoms with Crippen molar-refractivity contribution in [2.75, 3.05) is 20.3 Å². The zero-order valence-electron chi connectivity index (χ0n) is 11.3. The van der Waals surface area contributed by atoms with Crippen LogP contribution in [0.4, 0.5) is 0 Å². The summed E-state index contributed by atoms with van der Waals surface area (Å²) in [6.45, 7) is 1.23. The van der Waals surface area contributed by atoms with Crippen LogP contribution in [0.2, 0.25) is 0 Å². The van der Waals surface area contributed by atoms with Crippen molar-refractivity contribution in [3.8, 4) is 5.75 Å². The molecule has 1 fully saturated rings. The Morgan fingerprint density at radius 2 is 1.84 bits per heavy atom. The van der Waals surface area contributed by atoms with Crippen molar-refractivity contribution in [3.05, 3.63) is 28.7 Å². The zero-order valence-corrected chi connectivity index (χ0v) is 12.9. The Morgan fingerprint density at radius 3 is 2.58 bits per heavy atom. The van der Waals surface area contributed by atoms with E-state index in [0.717, 1.165) is 29.5 Å². The van der Waals surface area contributed by atoms with Crippen molar-refractivity contribution in [2.45, 2.75) is 37.9 Å². The highest BCUT2D eigenvalue weighted by atomic mass is 79.9. The first-order valence-corrected chi connectivity index (χ1v) is 7.60. The van der Waals surface area contributed by atoms with E-state index in [1.54, 1.807) is 7.11 Å². The molecule has 0 aromatic heterocycles. The van der Waals surface area contributed by atoms with Crippen LogP contribution in [0.5, 0.6) is 5.75 Å². The fourth-order valence-electron chi connectivity index (χ4n) is 2.37. The molecular weight excluding hydrogens is 308 g/mol. The normalized spacial score (nSPS) is 23.3. The summed E-state index contributed by atoms with van der Waals surface area (Å²) in [5.74, 6) is 0.880. The molecule has 0 radical (unpaired) electrons. The molecule has 0 bridgehead atoms. The molecule has 106 valence electrons. The van der Waals surface area contributed by atoms with Crippen molar-refractivity contribution in [3.63, 3.8) is 0 Å². The van der Waals surface area contributed by atoms with E-state index in [0.29, 0.717) is 25.4 Å². The number of hydrogen-bond donors (Lipinski definition) is 0. The zero-order chi connectivity index (χ0) is 13.5. The Hall–Kier alpha value is -0.580. The van der Waals surface area contributed by atoms with E-state index >= 15 is 0 Å². The van der Waals surface area contributed by atoms with Gasteiger partial charge in [0.25, 0.3) is 0 Å². The number of hydrogen-bond acceptors (Lipinski definition) is 3. The summed E-state index contributed by atoms with van der Waals surface area (Å²) in [4.78, 5) is 0. The summed E-state index contributed by atoms with van der Waals surface area (Å²) in [5.41, 5.74) is 0. The molecule has 1 aromatic carbocycles. The second-order valence-electron chi connectivity index (χ2n) is 4.82. The predicted octanol–water partition coefficient (Wildman–Crippen LogP) is 3.80. The number of rotatable bonds is 6. The molecule has 19 heavy (non-hydrogen) atoms. The minimum absolute atomic E-state index is 0.326. The quantitative estimate of drug-likeness (QED) is 0.743. The number of ether oxygens (including phenoxy) is 3. The molecule has 1 aromatic rings. The maximum absolute atomic E-state index is 5.85. The molecule has 0 N–H and O–H groups in total. The van der Waals surface area contributed by atoms with Gasteiger partial charge in [0.1, 0.15) is 12.4 Å². The van der Waals surface area contributed by atoms with Crippen LogP contribution in [0.25, 0.3) is 0 Å². The van der Waals surface area contributed by atoms with Crippen LogP contribution in [0.15, 0.2) is 28.7 Å². The average molecular weight is 329 g/mol. The molecule has 0 aliphatic heterocycles. The van der Waals surface area contributed by atoms with Crippen LogP contribution in [-0.2, 0) is 9.47 Å². The first-order chi connectivity index (χ1) is 9.28. The SMILES string of the molecule is COC1CCCC(OCCOc2ccc(Br)cc2)C1. The van der Waals surface area contributed by atoms with E-state index in [4.69, 9.17) is 14.2 Å². The summed E-state index contributed by atoms with van der Waals surface area (Å²) in [7, 11) is 1.78. The van der Waals surface area contributed by atoms with Gasteiger partial charge in [-0.3, -0.25) is 0 Å². The summed E-state index contributed by atoms with van der Waals surface area (Å²) in [5, 5.41) is 0. The van der Waals surface area contributed by atoms with E-state index in [-0.39, 0.29) is 0 Å². The van der Waals surface area contributed by atoms with Gasteiger partial charge in [0.15, 0.2) is 0 Å². The molecule has 0 heterocycles. The van der Waals surface area contributed by atoms with Crippen molar-refractivity contribution in [2.24, 2.45) is 0 Å². The number of methoxy groups -OCH3 is 1. The maximum Gasteiger partial charge on any atom is 0.119 e. The average Bonchev–Trinajstić information content (AvgIpc) is 2.46. The summed E-state index contributed by atoms with van der Waals surface area (Å²) in [6, 6.07) is 7.85. The molecule has 2 unspecified atom stereocenters. The monoisotopic (exact) mass is 328 g/mol. The Morgan fingerprint density at radius 1 is 1.11 bits per heavy atom. The van der Waals surface area contributed by atoms with E-state index in [2.05, 4.69) is 15.9 Å². The van der Waals surface area contributed by atoms with Gasteiger partial charge >= 0.3 is 0 Å². The Balaban J connectivity index is 1.62. The standard InChI is InChI=1S/C15H21BrO3/c1-17-14-3-2-4-15(11-14)19-10-9-18-13-7-5-12(16)6-8-13/h5-8,14-15H,2-4,9-11H2,1H3. The topological polar surface area (TPSA) is 27.7 Å². The van der Waals surface area contributed by atoms with Gasteiger partial charge < -0.3 is 14.2 Å². The first-order valence-electron chi connectivity index (χ1n) is 6.80. The molecule has 1 saturated carbocycles. The van der Waals surface area contributed by atoms with Crippen LogP contribution in [0.1, 0.15) is 25.7 Å². The Bertz CT molecular complexity index is 366. The molecule has 2 rings (SSSR count). The molecule has 0 amide bonds. The molecule has 0 saturated heterocycles. The van der Waals surface area contributed by atoms with Crippen LogP contribution in [0, 0.1) is 0 Å². The highest BCUT2D eigenvalue weighted by molar-refractivity contribution is 9.10. The van der Waals surface area contributed by atoms with Crippen molar-refractivity contribution in [1.82, 2.24) is 0 Å². The van der Waals surface area contributed by atoms with Crippen LogP contribution in [0.3, 0.4) is 0 Å². The third-order valence-corrected chi connectivity index (χ3v) is 3.96. The highest BCUT2D eigenvalue weighted by Gasteiger charge is 2.21. The number of halogens is 1. The molecule has 4 heteroatoms. The number of benzene rings is 1. The molecular formula is C15H21BrO3. The lowest BCUT2D eigenvalue weighted by Crippen LogP contribution is -2.28. The van der Waals surface area contributed by atoms with Crippen molar-refractivity contribution in [1.29, 1.82) is 0 Å². The van der Waals surface area contributed by atoms with E-state index in [9.17, 15) is 0 Å². The fourth-order valence-corrected chi connectivity index (χ4v) is 2.64. The molecule has 0 spiro atoms. The minimum Gasteiger partial charge on any atom is -0.491 e. The van der Waals surface area contributed by atoms with Gasteiger partial charge in [-0.15, -0.1) is 0 Å². The lowest BCUT2D eigenvalue weighted by Gasteiger charge is -2.28. The second-order valence-corrected chi connectivity index (χ2v) is 5.74. The van der Waals surface area contributed by atoms with Crippen molar-refractivity contribution >= 4 is 15.9 Å². The second kappa shape index (κ2) is 7.88. The lowest BCUT2D eigenvalue weighted by molar-refractivity contribution is -0.0362. The van der Waals surface area contributed by atoms with Gasteiger partial charge in [-0.25, -0.2) is 0 Å². The van der Waals surface area contributed by atoms with Crippen molar-refractivity contribution < 1.29 is 14.2 Å². The van der Waals surface area contributed by atoms with Crippen LogP contribution in [-0.4, -0.2) is 32.5 Å². The van der Waals surface area contributed by atoms with Gasteiger partial charge in [0, 0.05) is 11.6 Å². The first kappa shape index (κ1) is 14.8. The van der Waals surface area contributed by atoms with Crippen LogP contribution >= 0.6 is 15.9 Å². The van der Waals surface area contributed by atoms with E-state index in [1.807, 2.05) is 24.3 Å². The Kier molecular flexibility index (Phi) is 6.14. The third kappa shape index (κ3) is 5.13. The van der Waals surface area contributed by atoms with Gasteiger partial charge in [-0.05, 0) is 49.9 Å². The molecule has 1 aliphatic carbocycles. The largest absolute Gasteiger partial charge is 0.491 e. The third-order valence-electron chi connectivity index (χ3n) is 3.43. The summed E-state index contributed by atoms with van der Waals surface area (Å²) >= 11 is 3.40. The van der Waals surface area contributed by atoms with Gasteiger partial charge in [0.05, 0.1) is 18.8 Å². The molecule has 1 aliphatic rings. The van der Waals surface area contributed by atoms with Gasteiger partial charge in [0.2, 0.25) is 0 Å². The van der Waals surface area contributed by atoms with Gasteiger partial charge in [-0.2, -0.15) is 0 Å². The smallest absolute Gasteiger partial charge is 0.119 e. The van der Waals surface area contributed by atoms with E-state index < -0.39 is 0 Å². The van der Waals surface area contributed by atoms with E-state index in [1.165, 1.54) is 6.42 Å². The molecule has 2 atom stereocenters. The van der Waals surface area contributed by atoms with Gasteiger partial charge in [-0.1, -0.05) is 15.9 Å². The molecule has 3 nitrogen and oxygen atoms in total. The predicted molar refractivity (Wildman–Crippen MR) is 78.6 cm³/mol. The fraction of sp³-hybridized carbons (Fsp3) is 0.600. The summed E-state index contributed by atoms with van der Waals surface area (Å²) in [6.07, 6.45) is 5.19. The minimum atomic E-state index is 0.326. The lowest BCUT2D eigenvalue weighted by atomic mass is 9.95.